The molecule has 2 fully saturated rings. The highest BCUT2D eigenvalue weighted by atomic mass is 16.7. The molecule has 272 valence electrons. The number of ether oxygens (including phenoxy) is 3. The summed E-state index contributed by atoms with van der Waals surface area (Å²) >= 11 is 0. The van der Waals surface area contributed by atoms with E-state index in [0.29, 0.717) is 17.8 Å². The van der Waals surface area contributed by atoms with Crippen molar-refractivity contribution in [1.29, 1.82) is 0 Å². The van der Waals surface area contributed by atoms with Crippen molar-refractivity contribution in [2.75, 3.05) is 18.5 Å². The van der Waals surface area contributed by atoms with Crippen molar-refractivity contribution in [2.24, 2.45) is 5.92 Å². The number of imide groups is 1. The molecule has 0 saturated carbocycles. The highest BCUT2D eigenvalue weighted by Gasteiger charge is 2.42. The molecule has 52 heavy (non-hydrogen) atoms. The molecule has 0 aliphatic carbocycles. The van der Waals surface area contributed by atoms with Crippen LogP contribution in [0.15, 0.2) is 109 Å². The average Bonchev–Trinajstić information content (AvgIpc) is 3.46. The van der Waals surface area contributed by atoms with Gasteiger partial charge < -0.3 is 29.7 Å². The molecule has 2 heterocycles. The number of carbonyl (C=O) groups is 3. The van der Waals surface area contributed by atoms with Crippen LogP contribution in [0.2, 0.25) is 0 Å². The van der Waals surface area contributed by atoms with E-state index in [2.05, 4.69) is 17.1 Å². The van der Waals surface area contributed by atoms with Gasteiger partial charge in [0, 0.05) is 24.1 Å². The summed E-state index contributed by atoms with van der Waals surface area (Å²) in [6.07, 6.45) is -3.09. The molecule has 3 amide bonds. The molecule has 0 aromatic heterocycles. The van der Waals surface area contributed by atoms with Crippen LogP contribution in [0.5, 0.6) is 0 Å². The van der Waals surface area contributed by atoms with Gasteiger partial charge in [-0.1, -0.05) is 104 Å². The molecular formula is C41H45N3O8. The van der Waals surface area contributed by atoms with E-state index in [1.807, 2.05) is 98.9 Å². The Labute approximate surface area is 303 Å². The highest BCUT2D eigenvalue weighted by molar-refractivity contribution is 6.22. The number of aliphatic hydroxyl groups excluding tert-OH is 2. The number of hydrogen-bond acceptors (Lipinski definition) is 9. The molecule has 2 saturated heterocycles. The van der Waals surface area contributed by atoms with Gasteiger partial charge >= 0.3 is 6.09 Å². The lowest BCUT2D eigenvalue weighted by atomic mass is 9.89. The molecule has 0 bridgehead atoms. The zero-order valence-electron chi connectivity index (χ0n) is 29.5. The first-order valence-electron chi connectivity index (χ1n) is 17.5. The molecule has 2 aliphatic rings. The van der Waals surface area contributed by atoms with Gasteiger partial charge in [-0.3, -0.25) is 14.5 Å². The second kappa shape index (κ2) is 16.6. The van der Waals surface area contributed by atoms with Crippen LogP contribution in [0.3, 0.4) is 0 Å². The third-order valence-corrected chi connectivity index (χ3v) is 9.96. The highest BCUT2D eigenvalue weighted by Crippen LogP contribution is 2.42. The predicted molar refractivity (Wildman–Crippen MR) is 194 cm³/mol. The van der Waals surface area contributed by atoms with Gasteiger partial charge in [0.05, 0.1) is 37.0 Å². The van der Waals surface area contributed by atoms with Crippen LogP contribution in [0.25, 0.3) is 0 Å². The van der Waals surface area contributed by atoms with Crippen LogP contribution < -0.4 is 10.2 Å². The van der Waals surface area contributed by atoms with E-state index in [1.165, 1.54) is 0 Å². The topological polar surface area (TPSA) is 138 Å². The Morgan fingerprint density at radius 3 is 2.19 bits per heavy atom. The number of amides is 3. The first-order valence-corrected chi connectivity index (χ1v) is 17.5. The minimum Gasteiger partial charge on any atom is -0.445 e. The first kappa shape index (κ1) is 36.9. The molecule has 0 radical (unpaired) electrons. The third kappa shape index (κ3) is 8.41. The van der Waals surface area contributed by atoms with Gasteiger partial charge in [0.25, 0.3) is 5.91 Å². The molecule has 3 N–H and O–H groups in total. The molecular weight excluding hydrogens is 662 g/mol. The number of likely N-dealkylation sites (N-methyl/N-ethyl adjacent to an activating group) is 1. The van der Waals surface area contributed by atoms with E-state index < -0.39 is 36.3 Å². The van der Waals surface area contributed by atoms with Crippen molar-refractivity contribution in [2.45, 2.75) is 70.2 Å². The fourth-order valence-electron chi connectivity index (χ4n) is 6.65. The summed E-state index contributed by atoms with van der Waals surface area (Å²) in [7, 11) is 1.96. The Morgan fingerprint density at radius 2 is 1.54 bits per heavy atom. The number of nitrogens with one attached hydrogen (secondary N) is 1. The maximum atomic E-state index is 13.3. The minimum absolute atomic E-state index is 0.0391. The standard InChI is InChI=1S/C41H45N3O8/c1-26-35(23-43(3)27(2)37(47)30-12-8-5-9-13-30)51-40(52-38(26)31-16-14-28(24-45)15-17-31)32-18-20-33(21-19-32)44-36(46)22-34(39(44)48)42-41(49)50-25-29-10-6-4-7-11-29/h4-21,26-27,34-35,37-38,40,45,47H,22-25H2,1-3H3,(H,42,49)/t26-,27-,34?,35+,37-,38+,40+/m1/s1. The smallest absolute Gasteiger partial charge is 0.408 e. The Hall–Kier alpha value is -4.91. The zero-order valence-corrected chi connectivity index (χ0v) is 29.5. The average molecular weight is 708 g/mol. The van der Waals surface area contributed by atoms with Crippen LogP contribution in [-0.4, -0.2) is 64.8 Å². The maximum absolute atomic E-state index is 13.3. The summed E-state index contributed by atoms with van der Waals surface area (Å²) in [5.41, 5.74) is 4.42. The number of benzene rings is 4. The van der Waals surface area contributed by atoms with Gasteiger partial charge in [0.2, 0.25) is 5.91 Å². The molecule has 0 spiro atoms. The van der Waals surface area contributed by atoms with E-state index in [1.54, 1.807) is 24.3 Å². The van der Waals surface area contributed by atoms with Gasteiger partial charge in [-0.25, -0.2) is 9.69 Å². The van der Waals surface area contributed by atoms with Crippen molar-refractivity contribution in [1.82, 2.24) is 10.2 Å². The number of alkyl carbamates (subject to hydrolysis) is 1. The predicted octanol–water partition coefficient (Wildman–Crippen LogP) is 5.58. The van der Waals surface area contributed by atoms with Gasteiger partial charge in [0.15, 0.2) is 6.29 Å². The molecule has 4 aromatic carbocycles. The monoisotopic (exact) mass is 707 g/mol. The lowest BCUT2D eigenvalue weighted by Crippen LogP contribution is -2.46. The van der Waals surface area contributed by atoms with Crippen LogP contribution in [0, 0.1) is 5.92 Å². The molecule has 11 nitrogen and oxygen atoms in total. The quantitative estimate of drug-likeness (QED) is 0.161. The summed E-state index contributed by atoms with van der Waals surface area (Å²) in [5.74, 6) is -1.07. The van der Waals surface area contributed by atoms with Crippen molar-refractivity contribution in [3.8, 4) is 0 Å². The second-order valence-corrected chi connectivity index (χ2v) is 13.5. The normalized spacial score (nSPS) is 23.0. The molecule has 6 rings (SSSR count). The van der Waals surface area contributed by atoms with Gasteiger partial charge in [-0.15, -0.1) is 0 Å². The van der Waals surface area contributed by atoms with Crippen LogP contribution in [0.1, 0.15) is 66.6 Å². The first-order chi connectivity index (χ1) is 25.1. The number of nitrogens with zero attached hydrogens (tertiary/aromatic N) is 2. The Bertz CT molecular complexity index is 1810. The number of anilines is 1. The third-order valence-electron chi connectivity index (χ3n) is 9.96. The fraction of sp³-hybridized carbons (Fsp3) is 0.341. The van der Waals surface area contributed by atoms with Gasteiger partial charge in [-0.05, 0) is 48.4 Å². The largest absolute Gasteiger partial charge is 0.445 e. The van der Waals surface area contributed by atoms with Gasteiger partial charge in [0.1, 0.15) is 12.6 Å². The van der Waals surface area contributed by atoms with Crippen molar-refractivity contribution < 1.29 is 38.8 Å². The summed E-state index contributed by atoms with van der Waals surface area (Å²) in [4.78, 5) is 41.9. The van der Waals surface area contributed by atoms with Gasteiger partial charge in [-0.2, -0.15) is 0 Å². The number of rotatable bonds is 12. The Kier molecular flexibility index (Phi) is 11.8. The second-order valence-electron chi connectivity index (χ2n) is 13.5. The van der Waals surface area contributed by atoms with Crippen molar-refractivity contribution in [3.63, 3.8) is 0 Å². The van der Waals surface area contributed by atoms with E-state index in [4.69, 9.17) is 14.2 Å². The molecule has 7 atom stereocenters. The number of carbonyl (C=O) groups excluding carboxylic acids is 3. The molecule has 1 unspecified atom stereocenters. The Balaban J connectivity index is 1.16. The lowest BCUT2D eigenvalue weighted by Gasteiger charge is -2.43. The van der Waals surface area contributed by atoms with Crippen molar-refractivity contribution in [3.05, 3.63) is 137 Å². The summed E-state index contributed by atoms with van der Waals surface area (Å²) in [6, 6.07) is 32.0. The molecule has 2 aliphatic heterocycles. The maximum Gasteiger partial charge on any atom is 0.408 e. The van der Waals surface area contributed by atoms with Crippen molar-refractivity contribution >= 4 is 23.6 Å². The minimum atomic E-state index is -1.04. The lowest BCUT2D eigenvalue weighted by molar-refractivity contribution is -0.276. The molecule has 11 heteroatoms. The van der Waals surface area contributed by atoms with Crippen LogP contribution in [0.4, 0.5) is 10.5 Å². The van der Waals surface area contributed by atoms with Crippen LogP contribution in [-0.2, 0) is 37.0 Å². The number of hydrogen-bond donors (Lipinski definition) is 3. The van der Waals surface area contributed by atoms with E-state index in [-0.39, 0.29) is 43.8 Å². The zero-order chi connectivity index (χ0) is 36.8. The van der Waals surface area contributed by atoms with E-state index >= 15 is 0 Å². The Morgan fingerprint density at radius 1 is 0.904 bits per heavy atom. The molecule has 4 aromatic rings. The van der Waals surface area contributed by atoms with Crippen LogP contribution >= 0.6 is 0 Å². The summed E-state index contributed by atoms with van der Waals surface area (Å²) in [5, 5.41) is 23.3. The fourth-order valence-corrected chi connectivity index (χ4v) is 6.65. The summed E-state index contributed by atoms with van der Waals surface area (Å²) < 4.78 is 18.5. The van der Waals surface area contributed by atoms with E-state index in [9.17, 15) is 24.6 Å². The van der Waals surface area contributed by atoms with E-state index in [0.717, 1.165) is 27.2 Å². The SMILES string of the molecule is C[C@@H]1[C@H](CN(C)[C@H](C)[C@@H](O)c2ccccc2)O[C@H](c2ccc(N3C(=O)CC(NC(=O)OCc4ccccc4)C3=O)cc2)O[C@@H]1c1ccc(CO)cc1. The summed E-state index contributed by atoms with van der Waals surface area (Å²) in [6.45, 7) is 4.54. The number of aliphatic hydroxyl groups is 2.